The first-order valence-electron chi connectivity index (χ1n) is 8.36. The topological polar surface area (TPSA) is 46.1 Å². The molecular weight excluding hydrogens is 290 g/mol. The van der Waals surface area contributed by atoms with E-state index in [0.29, 0.717) is 0 Å². The molecule has 0 spiro atoms. The van der Waals surface area contributed by atoms with Crippen molar-refractivity contribution in [2.75, 3.05) is 40.9 Å². The van der Waals surface area contributed by atoms with Gasteiger partial charge in [-0.1, -0.05) is 19.4 Å². The lowest BCUT2D eigenvalue weighted by Crippen LogP contribution is -2.40. The molecule has 5 heteroatoms. The van der Waals surface area contributed by atoms with Crippen molar-refractivity contribution in [2.24, 2.45) is 4.99 Å². The Morgan fingerprint density at radius 1 is 1.17 bits per heavy atom. The van der Waals surface area contributed by atoms with Crippen LogP contribution in [0.4, 0.5) is 0 Å². The quantitative estimate of drug-likeness (QED) is 0.431. The summed E-state index contributed by atoms with van der Waals surface area (Å²) < 4.78 is 10.6. The maximum atomic E-state index is 5.36. The zero-order valence-corrected chi connectivity index (χ0v) is 15.2. The molecule has 0 aromatic heterocycles. The molecular formula is C18H31N3O2. The minimum atomic E-state index is 0.763. The Morgan fingerprint density at radius 3 is 2.52 bits per heavy atom. The molecule has 130 valence electrons. The van der Waals surface area contributed by atoms with Crippen LogP contribution in [0, 0.1) is 0 Å². The second kappa shape index (κ2) is 10.8. The maximum Gasteiger partial charge on any atom is 0.193 e. The molecule has 0 aliphatic rings. The lowest BCUT2D eigenvalue weighted by atomic mass is 10.1. The van der Waals surface area contributed by atoms with Gasteiger partial charge in [-0.25, -0.2) is 0 Å². The SMILES string of the molecule is CCCCN=C(NCC)N(C)CCc1ccc(OC)c(OC)c1. The lowest BCUT2D eigenvalue weighted by molar-refractivity contribution is 0.354. The number of aliphatic imine (C=N–C) groups is 1. The molecule has 0 heterocycles. The second-order valence-corrected chi connectivity index (χ2v) is 5.45. The van der Waals surface area contributed by atoms with Gasteiger partial charge in [-0.3, -0.25) is 4.99 Å². The van der Waals surface area contributed by atoms with E-state index in [1.807, 2.05) is 12.1 Å². The van der Waals surface area contributed by atoms with Gasteiger partial charge in [0.1, 0.15) is 0 Å². The highest BCUT2D eigenvalue weighted by molar-refractivity contribution is 5.79. The first-order chi connectivity index (χ1) is 11.2. The summed E-state index contributed by atoms with van der Waals surface area (Å²) in [7, 11) is 5.40. The van der Waals surface area contributed by atoms with Crippen molar-refractivity contribution < 1.29 is 9.47 Å². The van der Waals surface area contributed by atoms with E-state index in [1.54, 1.807) is 14.2 Å². The third-order valence-electron chi connectivity index (χ3n) is 3.65. The van der Waals surface area contributed by atoms with E-state index in [-0.39, 0.29) is 0 Å². The third kappa shape index (κ3) is 6.38. The Bertz CT molecular complexity index is 489. The zero-order valence-electron chi connectivity index (χ0n) is 15.2. The average molecular weight is 321 g/mol. The van der Waals surface area contributed by atoms with Crippen molar-refractivity contribution in [3.63, 3.8) is 0 Å². The Hall–Kier alpha value is -1.91. The molecule has 1 N–H and O–H groups in total. The molecule has 23 heavy (non-hydrogen) atoms. The molecule has 0 saturated heterocycles. The fourth-order valence-corrected chi connectivity index (χ4v) is 2.25. The van der Waals surface area contributed by atoms with E-state index in [1.165, 1.54) is 5.56 Å². The summed E-state index contributed by atoms with van der Waals surface area (Å²) in [5.41, 5.74) is 1.22. The van der Waals surface area contributed by atoms with Gasteiger partial charge >= 0.3 is 0 Å². The summed E-state index contributed by atoms with van der Waals surface area (Å²) in [6, 6.07) is 6.07. The summed E-state index contributed by atoms with van der Waals surface area (Å²) in [5, 5.41) is 3.35. The van der Waals surface area contributed by atoms with Gasteiger partial charge in [0.05, 0.1) is 14.2 Å². The van der Waals surface area contributed by atoms with E-state index in [0.717, 1.165) is 56.4 Å². The molecule has 0 aliphatic carbocycles. The number of unbranched alkanes of at least 4 members (excludes halogenated alkanes) is 1. The standard InChI is InChI=1S/C18H31N3O2/c1-6-8-12-20-18(19-7-2)21(3)13-11-15-9-10-16(22-4)17(14-15)23-5/h9-10,14H,6-8,11-13H2,1-5H3,(H,19,20). The highest BCUT2D eigenvalue weighted by Crippen LogP contribution is 2.27. The van der Waals surface area contributed by atoms with Crippen LogP contribution in [0.5, 0.6) is 11.5 Å². The number of nitrogens with one attached hydrogen (secondary N) is 1. The predicted molar refractivity (Wildman–Crippen MR) is 96.8 cm³/mol. The van der Waals surface area contributed by atoms with E-state index in [4.69, 9.17) is 9.47 Å². The summed E-state index contributed by atoms with van der Waals surface area (Å²) in [4.78, 5) is 6.84. The normalized spacial score (nSPS) is 11.3. The van der Waals surface area contributed by atoms with E-state index < -0.39 is 0 Å². The van der Waals surface area contributed by atoms with Crippen LogP contribution in [-0.4, -0.2) is 51.8 Å². The molecule has 0 amide bonds. The summed E-state index contributed by atoms with van der Waals surface area (Å²) in [6.07, 6.45) is 3.21. The van der Waals surface area contributed by atoms with Crippen LogP contribution in [0.25, 0.3) is 0 Å². The molecule has 0 radical (unpaired) electrons. The summed E-state index contributed by atoms with van der Waals surface area (Å²) >= 11 is 0. The molecule has 1 aromatic rings. The van der Waals surface area contributed by atoms with Gasteiger partial charge in [0.15, 0.2) is 17.5 Å². The van der Waals surface area contributed by atoms with E-state index >= 15 is 0 Å². The van der Waals surface area contributed by atoms with Crippen molar-refractivity contribution in [1.82, 2.24) is 10.2 Å². The van der Waals surface area contributed by atoms with Crippen molar-refractivity contribution in [2.45, 2.75) is 33.1 Å². The largest absolute Gasteiger partial charge is 0.493 e. The Kier molecular flexibility index (Phi) is 8.95. The van der Waals surface area contributed by atoms with E-state index in [2.05, 4.69) is 42.2 Å². The Balaban J connectivity index is 2.65. The van der Waals surface area contributed by atoms with Crippen molar-refractivity contribution in [3.05, 3.63) is 23.8 Å². The molecule has 0 bridgehead atoms. The van der Waals surface area contributed by atoms with E-state index in [9.17, 15) is 0 Å². The number of ether oxygens (including phenoxy) is 2. The van der Waals surface area contributed by atoms with Gasteiger partial charge in [0, 0.05) is 26.7 Å². The van der Waals surface area contributed by atoms with Gasteiger partial charge < -0.3 is 19.7 Å². The van der Waals surface area contributed by atoms with Gasteiger partial charge in [0.25, 0.3) is 0 Å². The van der Waals surface area contributed by atoms with Gasteiger partial charge in [-0.15, -0.1) is 0 Å². The number of hydrogen-bond acceptors (Lipinski definition) is 3. The maximum absolute atomic E-state index is 5.36. The number of rotatable bonds is 9. The van der Waals surface area contributed by atoms with Crippen LogP contribution in [0.1, 0.15) is 32.3 Å². The Labute approximate surface area is 140 Å². The van der Waals surface area contributed by atoms with Crippen molar-refractivity contribution in [1.29, 1.82) is 0 Å². The highest BCUT2D eigenvalue weighted by Gasteiger charge is 2.08. The second-order valence-electron chi connectivity index (χ2n) is 5.45. The first kappa shape index (κ1) is 19.1. The monoisotopic (exact) mass is 321 g/mol. The number of nitrogens with zero attached hydrogens (tertiary/aromatic N) is 2. The average Bonchev–Trinajstić information content (AvgIpc) is 2.58. The lowest BCUT2D eigenvalue weighted by Gasteiger charge is -2.22. The van der Waals surface area contributed by atoms with Crippen molar-refractivity contribution >= 4 is 5.96 Å². The molecule has 1 rings (SSSR count). The van der Waals surface area contributed by atoms with Crippen LogP contribution >= 0.6 is 0 Å². The van der Waals surface area contributed by atoms with Crippen LogP contribution in [0.3, 0.4) is 0 Å². The minimum Gasteiger partial charge on any atom is -0.493 e. The molecule has 0 atom stereocenters. The van der Waals surface area contributed by atoms with Crippen LogP contribution < -0.4 is 14.8 Å². The highest BCUT2D eigenvalue weighted by atomic mass is 16.5. The smallest absolute Gasteiger partial charge is 0.193 e. The van der Waals surface area contributed by atoms with Crippen LogP contribution in [0.15, 0.2) is 23.2 Å². The number of benzene rings is 1. The van der Waals surface area contributed by atoms with Crippen molar-refractivity contribution in [3.8, 4) is 11.5 Å². The number of guanidine groups is 1. The fourth-order valence-electron chi connectivity index (χ4n) is 2.25. The molecule has 1 aromatic carbocycles. The Morgan fingerprint density at radius 2 is 1.91 bits per heavy atom. The predicted octanol–water partition coefficient (Wildman–Crippen LogP) is 2.94. The minimum absolute atomic E-state index is 0.763. The third-order valence-corrected chi connectivity index (χ3v) is 3.65. The summed E-state index contributed by atoms with van der Waals surface area (Å²) in [6.45, 7) is 6.93. The molecule has 0 unspecified atom stereocenters. The molecule has 0 saturated carbocycles. The molecule has 0 aliphatic heterocycles. The zero-order chi connectivity index (χ0) is 17.1. The van der Waals surface area contributed by atoms with Gasteiger partial charge in [0.2, 0.25) is 0 Å². The number of methoxy groups -OCH3 is 2. The fraction of sp³-hybridized carbons (Fsp3) is 0.611. The summed E-state index contributed by atoms with van der Waals surface area (Å²) in [5.74, 6) is 2.51. The molecule has 0 fully saturated rings. The number of hydrogen-bond donors (Lipinski definition) is 1. The van der Waals surface area contributed by atoms with Crippen LogP contribution in [-0.2, 0) is 6.42 Å². The van der Waals surface area contributed by atoms with Crippen LogP contribution in [0.2, 0.25) is 0 Å². The first-order valence-corrected chi connectivity index (χ1v) is 8.36. The number of likely N-dealkylation sites (N-methyl/N-ethyl adjacent to an activating group) is 1. The van der Waals surface area contributed by atoms with Gasteiger partial charge in [-0.2, -0.15) is 0 Å². The van der Waals surface area contributed by atoms with Gasteiger partial charge in [-0.05, 0) is 37.5 Å². The molecule has 5 nitrogen and oxygen atoms in total.